The number of unbranched alkanes of at least 4 members (excludes halogenated alkanes) is 8. The van der Waals surface area contributed by atoms with Crippen molar-refractivity contribution >= 4 is 0 Å². The number of rotatable bonds is 23. The third kappa shape index (κ3) is 12.0. The van der Waals surface area contributed by atoms with E-state index >= 15 is 0 Å². The zero-order valence-electron chi connectivity index (χ0n) is 33.5. The van der Waals surface area contributed by atoms with Gasteiger partial charge in [0.2, 0.25) is 5.82 Å². The Bertz CT molecular complexity index is 1940. The first-order chi connectivity index (χ1) is 28.1. The summed E-state index contributed by atoms with van der Waals surface area (Å²) in [5, 5.41) is 0. The minimum Gasteiger partial charge on any atom is -0.493 e. The van der Waals surface area contributed by atoms with Crippen LogP contribution in [-0.4, -0.2) is 38.8 Å². The zero-order chi connectivity index (χ0) is 41.5. The highest BCUT2D eigenvalue weighted by Crippen LogP contribution is 2.35. The van der Waals surface area contributed by atoms with Crippen molar-refractivity contribution in [1.29, 1.82) is 0 Å². The van der Waals surface area contributed by atoms with Gasteiger partial charge in [-0.15, -0.1) is 6.58 Å². The highest BCUT2D eigenvalue weighted by Gasteiger charge is 2.36. The van der Waals surface area contributed by atoms with Crippen molar-refractivity contribution in [3.63, 3.8) is 0 Å². The van der Waals surface area contributed by atoms with Gasteiger partial charge in [0.1, 0.15) is 23.1 Å². The molecule has 4 aromatic carbocycles. The number of benzene rings is 4. The van der Waals surface area contributed by atoms with Crippen molar-refractivity contribution in [2.75, 3.05) is 33.0 Å². The van der Waals surface area contributed by atoms with Crippen LogP contribution >= 0.6 is 0 Å². The first kappa shape index (κ1) is 44.6. The van der Waals surface area contributed by atoms with Crippen LogP contribution in [0.5, 0.6) is 17.2 Å². The summed E-state index contributed by atoms with van der Waals surface area (Å²) in [6.07, 6.45) is 12.8. The van der Waals surface area contributed by atoms with Crippen molar-refractivity contribution in [2.45, 2.75) is 96.7 Å². The summed E-state index contributed by atoms with van der Waals surface area (Å²) in [5.41, 5.74) is -0.222. The lowest BCUT2D eigenvalue weighted by Crippen LogP contribution is -2.43. The molecule has 314 valence electrons. The molecule has 0 aliphatic carbocycles. The van der Waals surface area contributed by atoms with Crippen LogP contribution in [0.4, 0.5) is 26.3 Å². The summed E-state index contributed by atoms with van der Waals surface area (Å²) in [6.45, 7) is 9.18. The summed E-state index contributed by atoms with van der Waals surface area (Å²) < 4.78 is 116. The molecular weight excluding hydrogens is 758 g/mol. The molecule has 1 aliphatic rings. The van der Waals surface area contributed by atoms with E-state index in [-0.39, 0.29) is 46.1 Å². The Labute approximate surface area is 338 Å². The molecule has 58 heavy (non-hydrogen) atoms. The van der Waals surface area contributed by atoms with Gasteiger partial charge in [0.25, 0.3) is 0 Å². The van der Waals surface area contributed by atoms with Gasteiger partial charge in [-0.2, -0.15) is 4.39 Å². The summed E-state index contributed by atoms with van der Waals surface area (Å²) in [4.78, 5) is 0. The van der Waals surface area contributed by atoms with Crippen LogP contribution in [0.25, 0.3) is 22.3 Å². The summed E-state index contributed by atoms with van der Waals surface area (Å²) in [7, 11) is 0. The number of hydrogen-bond acceptors (Lipinski definition) is 5. The largest absolute Gasteiger partial charge is 0.493 e. The minimum absolute atomic E-state index is 0.0165. The van der Waals surface area contributed by atoms with E-state index < -0.39 is 40.7 Å². The lowest BCUT2D eigenvalue weighted by Gasteiger charge is -2.40. The topological polar surface area (TPSA) is 46.2 Å². The number of ether oxygens (including phenoxy) is 5. The van der Waals surface area contributed by atoms with E-state index in [4.69, 9.17) is 23.7 Å². The second-order valence-electron chi connectivity index (χ2n) is 14.8. The fourth-order valence-corrected chi connectivity index (χ4v) is 7.06. The van der Waals surface area contributed by atoms with Gasteiger partial charge >= 0.3 is 0 Å². The normalized spacial score (nSPS) is 16.7. The predicted molar refractivity (Wildman–Crippen MR) is 214 cm³/mol. The smallest absolute Gasteiger partial charge is 0.201 e. The van der Waals surface area contributed by atoms with Crippen molar-refractivity contribution in [2.24, 2.45) is 5.92 Å². The summed E-state index contributed by atoms with van der Waals surface area (Å²) >= 11 is 0. The highest BCUT2D eigenvalue weighted by molar-refractivity contribution is 5.67. The van der Waals surface area contributed by atoms with Crippen LogP contribution in [0, 0.1) is 47.7 Å². The van der Waals surface area contributed by atoms with Crippen LogP contribution in [0.2, 0.25) is 0 Å². The Balaban J connectivity index is 0.960. The first-order valence-electron chi connectivity index (χ1n) is 20.4. The van der Waals surface area contributed by atoms with Crippen LogP contribution in [0.15, 0.2) is 73.3 Å². The van der Waals surface area contributed by atoms with Crippen LogP contribution in [-0.2, 0) is 9.47 Å². The van der Waals surface area contributed by atoms with Gasteiger partial charge < -0.3 is 23.7 Å². The third-order valence-corrected chi connectivity index (χ3v) is 10.5. The van der Waals surface area contributed by atoms with E-state index in [9.17, 15) is 26.3 Å². The molecule has 0 N–H and O–H groups in total. The predicted octanol–water partition coefficient (Wildman–Crippen LogP) is 13.2. The maximum Gasteiger partial charge on any atom is 0.201 e. The number of hydrogen-bond donors (Lipinski definition) is 0. The second-order valence-corrected chi connectivity index (χ2v) is 14.8. The molecule has 1 fully saturated rings. The quantitative estimate of drug-likeness (QED) is 0.0424. The maximum absolute atomic E-state index is 14.9. The van der Waals surface area contributed by atoms with Crippen molar-refractivity contribution in [3.8, 4) is 39.5 Å². The van der Waals surface area contributed by atoms with E-state index in [0.717, 1.165) is 77.0 Å². The molecule has 0 spiro atoms. The van der Waals surface area contributed by atoms with E-state index in [0.29, 0.717) is 37.9 Å². The molecular formula is C47H54F6O5. The molecule has 1 heterocycles. The van der Waals surface area contributed by atoms with Gasteiger partial charge in [0, 0.05) is 53.1 Å². The minimum atomic E-state index is -1.16. The zero-order valence-corrected chi connectivity index (χ0v) is 33.5. The Morgan fingerprint density at radius 3 is 1.55 bits per heavy atom. The van der Waals surface area contributed by atoms with Gasteiger partial charge in [-0.1, -0.05) is 56.7 Å². The van der Waals surface area contributed by atoms with Gasteiger partial charge in [0.05, 0.1) is 33.0 Å². The number of aryl methyl sites for hydroxylation is 1. The number of halogens is 6. The van der Waals surface area contributed by atoms with Crippen molar-refractivity contribution in [1.82, 2.24) is 0 Å². The molecule has 1 aliphatic heterocycles. The SMILES string of the molecule is C=CC1COC(CCCCCCCOc2ccc(-c3ccc(C)c(F)c3F)c(F)c2)(CCCCCCCOc2ccc(-c3ccc(OCC)c(F)c3F)c(F)c2)OC1. The van der Waals surface area contributed by atoms with Gasteiger partial charge in [-0.3, -0.25) is 0 Å². The van der Waals surface area contributed by atoms with Gasteiger partial charge in [-0.05, 0) is 81.5 Å². The molecule has 0 amide bonds. The lowest BCUT2D eigenvalue weighted by molar-refractivity contribution is -0.285. The molecule has 0 bridgehead atoms. The molecule has 0 saturated carbocycles. The average Bonchev–Trinajstić information content (AvgIpc) is 3.22. The maximum atomic E-state index is 14.9. The fraction of sp³-hybridized carbons (Fsp3) is 0.447. The van der Waals surface area contributed by atoms with Crippen LogP contribution in [0.3, 0.4) is 0 Å². The molecule has 0 atom stereocenters. The summed E-state index contributed by atoms with van der Waals surface area (Å²) in [6, 6.07) is 13.7. The molecule has 0 unspecified atom stereocenters. The summed E-state index contributed by atoms with van der Waals surface area (Å²) in [5.74, 6) is -5.72. The fourth-order valence-electron chi connectivity index (χ4n) is 7.06. The molecule has 4 aromatic rings. The Kier molecular flexibility index (Phi) is 17.0. The van der Waals surface area contributed by atoms with E-state index in [1.54, 1.807) is 19.1 Å². The van der Waals surface area contributed by atoms with Crippen molar-refractivity contribution in [3.05, 3.63) is 114 Å². The highest BCUT2D eigenvalue weighted by atomic mass is 19.2. The van der Waals surface area contributed by atoms with E-state index in [1.165, 1.54) is 55.5 Å². The Morgan fingerprint density at radius 1 is 0.586 bits per heavy atom. The molecule has 1 saturated heterocycles. The second kappa shape index (κ2) is 22.0. The lowest BCUT2D eigenvalue weighted by atomic mass is 9.97. The van der Waals surface area contributed by atoms with Gasteiger partial charge in [0.15, 0.2) is 29.0 Å². The Hall–Kier alpha value is -4.48. The van der Waals surface area contributed by atoms with Crippen LogP contribution < -0.4 is 14.2 Å². The Morgan fingerprint density at radius 2 is 1.05 bits per heavy atom. The monoisotopic (exact) mass is 812 g/mol. The third-order valence-electron chi connectivity index (χ3n) is 10.5. The molecule has 5 nitrogen and oxygen atoms in total. The molecule has 0 radical (unpaired) electrons. The van der Waals surface area contributed by atoms with E-state index in [1.807, 2.05) is 6.08 Å². The standard InChI is InChI=1S/C47H54F6O5/c1-4-33-30-57-47(58-31-33,24-12-8-6-10-14-26-55-34-17-20-36(40(48)28-34)38-19-16-32(3)43(50)44(38)51)25-13-9-7-11-15-27-56-35-18-21-37(41(49)29-35)39-22-23-42(54-5-2)46(53)45(39)52/h4,16-23,28-29,33H,1,5-15,24-27,30-31H2,2-3H3. The molecule has 0 aromatic heterocycles. The van der Waals surface area contributed by atoms with Crippen molar-refractivity contribution < 1.29 is 50.0 Å². The molecule has 11 heteroatoms. The molecule has 5 rings (SSSR count). The van der Waals surface area contributed by atoms with Gasteiger partial charge in [-0.25, -0.2) is 22.0 Å². The first-order valence-corrected chi connectivity index (χ1v) is 20.4. The average molecular weight is 813 g/mol. The van der Waals surface area contributed by atoms with Crippen LogP contribution in [0.1, 0.15) is 89.5 Å². The van der Waals surface area contributed by atoms with E-state index in [2.05, 4.69) is 6.58 Å².